The van der Waals surface area contributed by atoms with Crippen molar-refractivity contribution in [3.8, 4) is 0 Å². The van der Waals surface area contributed by atoms with Crippen LogP contribution in [0.2, 0.25) is 0 Å². The Balaban J connectivity index is 1.47. The minimum absolute atomic E-state index is 0.167. The maximum absolute atomic E-state index is 12.7. The van der Waals surface area contributed by atoms with Crippen LogP contribution in [0.1, 0.15) is 63.4 Å². The molecular weight excluding hydrogens is 434 g/mol. The van der Waals surface area contributed by atoms with E-state index >= 15 is 0 Å². The molecule has 8 heteroatoms. The minimum Gasteiger partial charge on any atom is -0.464 e. The molecule has 1 aliphatic rings. The number of ether oxygens (including phenoxy) is 1. The van der Waals surface area contributed by atoms with Crippen LogP contribution in [-0.2, 0) is 22.4 Å². The number of methoxy groups -OCH3 is 1. The van der Waals surface area contributed by atoms with Gasteiger partial charge >= 0.3 is 0 Å². The van der Waals surface area contributed by atoms with Crippen molar-refractivity contribution in [2.24, 2.45) is 5.10 Å². The summed E-state index contributed by atoms with van der Waals surface area (Å²) in [5.41, 5.74) is 8.82. The van der Waals surface area contributed by atoms with Gasteiger partial charge in [0.05, 0.1) is 18.4 Å². The van der Waals surface area contributed by atoms with Crippen molar-refractivity contribution >= 4 is 28.5 Å². The number of carbonyl (C=O) groups excluding carboxylic acids is 2. The zero-order valence-corrected chi connectivity index (χ0v) is 20.2. The molecule has 34 heavy (non-hydrogen) atoms. The Labute approximate surface area is 198 Å². The number of rotatable bonds is 8. The van der Waals surface area contributed by atoms with Crippen LogP contribution in [0, 0.1) is 20.8 Å². The molecule has 2 heterocycles. The SMILES string of the molecule is COCCCNC(=O)c1oc2c(c1C)/C(=N/NC(=O)Cc1coc3cc(C)cc(C)c13)CCC2. The average Bonchev–Trinajstić information content (AvgIpc) is 3.36. The Morgan fingerprint density at radius 2 is 2.00 bits per heavy atom. The molecule has 0 saturated heterocycles. The standard InChI is InChI=1S/C26H31N3O5/c1-15-11-16(2)23-18(14-33-21(23)12-15)13-22(30)29-28-19-7-5-8-20-24(19)17(3)25(34-20)26(31)27-9-6-10-32-4/h11-12,14H,5-10,13H2,1-4H3,(H,27,31)(H,29,30)/b28-19+. The van der Waals surface area contributed by atoms with Gasteiger partial charge in [0.1, 0.15) is 11.3 Å². The summed E-state index contributed by atoms with van der Waals surface area (Å²) in [5, 5.41) is 8.26. The molecule has 0 unspecified atom stereocenters. The third kappa shape index (κ3) is 4.92. The number of nitrogens with zero attached hydrogens (tertiary/aromatic N) is 1. The average molecular weight is 466 g/mol. The first-order valence-electron chi connectivity index (χ1n) is 11.6. The maximum atomic E-state index is 12.7. The van der Waals surface area contributed by atoms with E-state index in [0.29, 0.717) is 25.3 Å². The van der Waals surface area contributed by atoms with Gasteiger partial charge in [-0.2, -0.15) is 5.10 Å². The molecule has 2 amide bonds. The fraction of sp³-hybridized carbons (Fsp3) is 0.423. The summed E-state index contributed by atoms with van der Waals surface area (Å²) in [4.78, 5) is 25.3. The van der Waals surface area contributed by atoms with E-state index in [0.717, 1.165) is 69.5 Å². The van der Waals surface area contributed by atoms with Crippen LogP contribution < -0.4 is 10.7 Å². The molecule has 0 aliphatic heterocycles. The number of hydrogen-bond acceptors (Lipinski definition) is 6. The van der Waals surface area contributed by atoms with E-state index in [4.69, 9.17) is 13.6 Å². The van der Waals surface area contributed by atoms with Gasteiger partial charge in [0.2, 0.25) is 5.91 Å². The summed E-state index contributed by atoms with van der Waals surface area (Å²) in [7, 11) is 1.63. The van der Waals surface area contributed by atoms with Gasteiger partial charge in [-0.05, 0) is 57.2 Å². The molecule has 3 aromatic rings. The maximum Gasteiger partial charge on any atom is 0.287 e. The number of hydrogen-bond donors (Lipinski definition) is 2. The number of benzene rings is 1. The summed E-state index contributed by atoms with van der Waals surface area (Å²) in [6.45, 7) is 6.99. The molecular formula is C26H31N3O5. The first kappa shape index (κ1) is 23.8. The van der Waals surface area contributed by atoms with Crippen molar-refractivity contribution in [1.29, 1.82) is 0 Å². The van der Waals surface area contributed by atoms with E-state index < -0.39 is 0 Å². The third-order valence-corrected chi connectivity index (χ3v) is 6.10. The molecule has 4 rings (SSSR count). The highest BCUT2D eigenvalue weighted by Gasteiger charge is 2.28. The molecule has 0 radical (unpaired) electrons. The van der Waals surface area contributed by atoms with Gasteiger partial charge < -0.3 is 18.9 Å². The van der Waals surface area contributed by atoms with Crippen molar-refractivity contribution < 1.29 is 23.2 Å². The molecule has 1 aromatic carbocycles. The predicted molar refractivity (Wildman–Crippen MR) is 129 cm³/mol. The molecule has 0 spiro atoms. The Morgan fingerprint density at radius 3 is 2.79 bits per heavy atom. The van der Waals surface area contributed by atoms with E-state index in [9.17, 15) is 9.59 Å². The summed E-state index contributed by atoms with van der Waals surface area (Å²) >= 11 is 0. The van der Waals surface area contributed by atoms with E-state index in [-0.39, 0.29) is 18.2 Å². The lowest BCUT2D eigenvalue weighted by molar-refractivity contribution is -0.120. The second kappa shape index (κ2) is 10.3. The molecule has 0 bridgehead atoms. The second-order valence-corrected chi connectivity index (χ2v) is 8.80. The molecule has 2 aromatic heterocycles. The lowest BCUT2D eigenvalue weighted by Crippen LogP contribution is -2.25. The van der Waals surface area contributed by atoms with E-state index in [1.54, 1.807) is 13.4 Å². The normalized spacial score (nSPS) is 14.4. The highest BCUT2D eigenvalue weighted by Crippen LogP contribution is 2.30. The van der Waals surface area contributed by atoms with Crippen LogP contribution in [0.5, 0.6) is 0 Å². The van der Waals surface area contributed by atoms with Gasteiger partial charge in [-0.15, -0.1) is 0 Å². The van der Waals surface area contributed by atoms with Crippen LogP contribution in [0.4, 0.5) is 0 Å². The highest BCUT2D eigenvalue weighted by molar-refractivity contribution is 6.06. The molecule has 2 N–H and O–H groups in total. The number of amides is 2. The second-order valence-electron chi connectivity index (χ2n) is 8.80. The van der Waals surface area contributed by atoms with Crippen molar-refractivity contribution in [2.45, 2.75) is 52.9 Å². The zero-order chi connectivity index (χ0) is 24.2. The Kier molecular flexibility index (Phi) is 7.17. The van der Waals surface area contributed by atoms with Crippen molar-refractivity contribution in [3.63, 3.8) is 0 Å². The number of aryl methyl sites for hydroxylation is 3. The van der Waals surface area contributed by atoms with E-state index in [1.165, 1.54) is 0 Å². The summed E-state index contributed by atoms with van der Waals surface area (Å²) in [6, 6.07) is 4.05. The number of fused-ring (bicyclic) bond motifs is 2. The number of nitrogens with one attached hydrogen (secondary N) is 2. The predicted octanol–water partition coefficient (Wildman–Crippen LogP) is 4.12. The fourth-order valence-corrected chi connectivity index (χ4v) is 4.59. The fourth-order valence-electron chi connectivity index (χ4n) is 4.59. The van der Waals surface area contributed by atoms with Crippen molar-refractivity contribution in [2.75, 3.05) is 20.3 Å². The third-order valence-electron chi connectivity index (χ3n) is 6.10. The smallest absolute Gasteiger partial charge is 0.287 e. The van der Waals surface area contributed by atoms with Crippen molar-refractivity contribution in [3.05, 3.63) is 57.7 Å². The Hall–Kier alpha value is -3.39. The minimum atomic E-state index is -0.246. The van der Waals surface area contributed by atoms with Crippen LogP contribution in [0.3, 0.4) is 0 Å². The van der Waals surface area contributed by atoms with Gasteiger partial charge in [0, 0.05) is 48.8 Å². The lowest BCUT2D eigenvalue weighted by atomic mass is 9.93. The van der Waals surface area contributed by atoms with Gasteiger partial charge in [0.25, 0.3) is 5.91 Å². The van der Waals surface area contributed by atoms with Gasteiger partial charge in [-0.25, -0.2) is 5.43 Å². The first-order valence-corrected chi connectivity index (χ1v) is 11.6. The highest BCUT2D eigenvalue weighted by atomic mass is 16.5. The van der Waals surface area contributed by atoms with Crippen LogP contribution in [-0.4, -0.2) is 37.8 Å². The topological polar surface area (TPSA) is 106 Å². The quantitative estimate of drug-likeness (QED) is 0.385. The Bertz CT molecular complexity index is 1250. The van der Waals surface area contributed by atoms with Gasteiger partial charge in [0.15, 0.2) is 5.76 Å². The van der Waals surface area contributed by atoms with Gasteiger partial charge in [-0.1, -0.05) is 6.07 Å². The number of hydrazone groups is 1. The monoisotopic (exact) mass is 465 g/mol. The molecule has 0 fully saturated rings. The Morgan fingerprint density at radius 1 is 1.18 bits per heavy atom. The van der Waals surface area contributed by atoms with E-state index in [1.807, 2.05) is 26.8 Å². The molecule has 180 valence electrons. The summed E-state index contributed by atoms with van der Waals surface area (Å²) in [6.07, 6.45) is 4.82. The van der Waals surface area contributed by atoms with Crippen LogP contribution in [0.25, 0.3) is 11.0 Å². The van der Waals surface area contributed by atoms with Crippen molar-refractivity contribution in [1.82, 2.24) is 10.7 Å². The molecule has 8 nitrogen and oxygen atoms in total. The zero-order valence-electron chi connectivity index (χ0n) is 20.2. The van der Waals surface area contributed by atoms with Gasteiger partial charge in [-0.3, -0.25) is 9.59 Å². The van der Waals surface area contributed by atoms with Crippen LogP contribution >= 0.6 is 0 Å². The summed E-state index contributed by atoms with van der Waals surface area (Å²) < 4.78 is 16.6. The largest absolute Gasteiger partial charge is 0.464 e. The number of carbonyl (C=O) groups is 2. The molecule has 0 atom stereocenters. The molecule has 0 saturated carbocycles. The lowest BCUT2D eigenvalue weighted by Gasteiger charge is -2.13. The summed E-state index contributed by atoms with van der Waals surface area (Å²) in [5.74, 6) is 0.577. The first-order chi connectivity index (χ1) is 16.4. The molecule has 1 aliphatic carbocycles. The number of furan rings is 2. The van der Waals surface area contributed by atoms with E-state index in [2.05, 4.69) is 21.9 Å². The van der Waals surface area contributed by atoms with Crippen LogP contribution in [0.15, 0.2) is 32.3 Å².